The molecular formula is C24H35ClN2. The van der Waals surface area contributed by atoms with E-state index in [0.29, 0.717) is 17.9 Å². The van der Waals surface area contributed by atoms with Crippen molar-refractivity contribution < 1.29 is 0 Å². The van der Waals surface area contributed by atoms with Crippen molar-refractivity contribution in [3.05, 3.63) is 59.2 Å². The van der Waals surface area contributed by atoms with Crippen molar-refractivity contribution in [3.8, 4) is 0 Å². The molecule has 0 aromatic heterocycles. The maximum absolute atomic E-state index is 6.42. The molecular weight excluding hydrogens is 352 g/mol. The number of piperazine rings is 1. The second kappa shape index (κ2) is 8.51. The zero-order valence-electron chi connectivity index (χ0n) is 17.4. The molecule has 0 bridgehead atoms. The fraction of sp³-hybridized carbons (Fsp3) is 0.583. The largest absolute Gasteiger partial charge is 0.299 e. The zero-order chi connectivity index (χ0) is 19.6. The zero-order valence-corrected chi connectivity index (χ0v) is 18.2. The van der Waals surface area contributed by atoms with Crippen molar-refractivity contribution >= 4 is 11.6 Å². The molecule has 3 atom stereocenters. The molecule has 1 aromatic rings. The van der Waals surface area contributed by atoms with E-state index in [-0.39, 0.29) is 5.54 Å². The van der Waals surface area contributed by atoms with Crippen LogP contribution in [0.5, 0.6) is 0 Å². The van der Waals surface area contributed by atoms with Crippen LogP contribution in [0.3, 0.4) is 0 Å². The highest BCUT2D eigenvalue weighted by molar-refractivity contribution is 6.30. The van der Waals surface area contributed by atoms with E-state index in [4.69, 9.17) is 11.6 Å². The molecule has 27 heavy (non-hydrogen) atoms. The molecule has 0 N–H and O–H groups in total. The van der Waals surface area contributed by atoms with Crippen LogP contribution in [0, 0.1) is 5.92 Å². The Hall–Kier alpha value is -1.09. The number of likely N-dealkylation sites (N-methyl/N-ethyl adjacent to an activating group) is 1. The first-order chi connectivity index (χ1) is 12.9. The predicted molar refractivity (Wildman–Crippen MR) is 118 cm³/mol. The van der Waals surface area contributed by atoms with E-state index >= 15 is 0 Å². The Morgan fingerprint density at radius 2 is 2.07 bits per heavy atom. The molecule has 1 aliphatic heterocycles. The first kappa shape index (κ1) is 20.6. The van der Waals surface area contributed by atoms with Crippen LogP contribution in [0.1, 0.15) is 63.1 Å². The van der Waals surface area contributed by atoms with Crippen molar-refractivity contribution in [3.63, 3.8) is 0 Å². The van der Waals surface area contributed by atoms with E-state index in [1.54, 1.807) is 0 Å². The van der Waals surface area contributed by atoms with Crippen LogP contribution in [-0.2, 0) is 0 Å². The number of fused-ring (bicyclic) bond motifs is 1. The maximum atomic E-state index is 6.42. The summed E-state index contributed by atoms with van der Waals surface area (Å²) in [7, 11) is 2.25. The van der Waals surface area contributed by atoms with Crippen LogP contribution >= 0.6 is 11.6 Å². The van der Waals surface area contributed by atoms with E-state index in [1.165, 1.54) is 17.5 Å². The summed E-state index contributed by atoms with van der Waals surface area (Å²) >= 11 is 6.42. The lowest BCUT2D eigenvalue weighted by Crippen LogP contribution is -2.58. The van der Waals surface area contributed by atoms with Gasteiger partial charge >= 0.3 is 0 Å². The van der Waals surface area contributed by atoms with Gasteiger partial charge in [-0.15, -0.1) is 6.58 Å². The first-order valence-corrected chi connectivity index (χ1v) is 10.8. The van der Waals surface area contributed by atoms with E-state index < -0.39 is 0 Å². The third-order valence-corrected chi connectivity index (χ3v) is 6.88. The molecule has 1 heterocycles. The van der Waals surface area contributed by atoms with Gasteiger partial charge in [0.05, 0.1) is 0 Å². The van der Waals surface area contributed by atoms with Crippen molar-refractivity contribution in [2.45, 2.75) is 57.5 Å². The monoisotopic (exact) mass is 386 g/mol. The number of halogens is 1. The second-order valence-electron chi connectivity index (χ2n) is 8.86. The van der Waals surface area contributed by atoms with Crippen molar-refractivity contribution in [2.24, 2.45) is 5.92 Å². The average Bonchev–Trinajstić information content (AvgIpc) is 2.99. The van der Waals surface area contributed by atoms with Gasteiger partial charge in [0.25, 0.3) is 0 Å². The van der Waals surface area contributed by atoms with Gasteiger partial charge < -0.3 is 0 Å². The van der Waals surface area contributed by atoms with Crippen molar-refractivity contribution in [2.75, 3.05) is 26.7 Å². The third kappa shape index (κ3) is 4.34. The first-order valence-electron chi connectivity index (χ1n) is 10.4. The second-order valence-corrected chi connectivity index (χ2v) is 9.30. The number of hydrogen-bond donors (Lipinski definition) is 0. The van der Waals surface area contributed by atoms with Crippen LogP contribution < -0.4 is 0 Å². The smallest absolute Gasteiger partial charge is 0.0409 e. The van der Waals surface area contributed by atoms with Gasteiger partial charge in [-0.1, -0.05) is 42.8 Å². The minimum Gasteiger partial charge on any atom is -0.299 e. The summed E-state index contributed by atoms with van der Waals surface area (Å²) in [6.07, 6.45) is 10.1. The fourth-order valence-corrected chi connectivity index (χ4v) is 5.02. The average molecular weight is 387 g/mol. The Labute approximate surface area is 170 Å². The molecule has 1 aromatic carbocycles. The standard InChI is InChI=1S/C24H35ClN2/c1-6-8-10-18(9-7-2)21-16-23(22-15-19(25)11-12-20(21)22)27-14-13-26(5)24(3,4)17-27/h7-8,10-12,15,18,21,23H,2,6,9,13-14,16-17H2,1,3-5H3/b10-8-/t18?,21?,23-/m1/s1. The van der Waals surface area contributed by atoms with Crippen LogP contribution in [0.25, 0.3) is 0 Å². The number of rotatable bonds is 6. The lowest BCUT2D eigenvalue weighted by molar-refractivity contribution is 0.0148. The molecule has 2 unspecified atom stereocenters. The molecule has 1 aliphatic carbocycles. The highest BCUT2D eigenvalue weighted by atomic mass is 35.5. The summed E-state index contributed by atoms with van der Waals surface area (Å²) in [6, 6.07) is 7.04. The summed E-state index contributed by atoms with van der Waals surface area (Å²) in [5.74, 6) is 1.07. The number of benzene rings is 1. The molecule has 2 nitrogen and oxygen atoms in total. The molecule has 0 spiro atoms. The summed E-state index contributed by atoms with van der Waals surface area (Å²) in [6.45, 7) is 14.3. The van der Waals surface area contributed by atoms with Crippen LogP contribution in [-0.4, -0.2) is 42.0 Å². The predicted octanol–water partition coefficient (Wildman–Crippen LogP) is 6.05. The molecule has 0 saturated carbocycles. The highest BCUT2D eigenvalue weighted by Gasteiger charge is 2.41. The number of nitrogens with zero attached hydrogens (tertiary/aromatic N) is 2. The van der Waals surface area contributed by atoms with Gasteiger partial charge in [-0.05, 0) is 75.3 Å². The van der Waals surface area contributed by atoms with E-state index in [9.17, 15) is 0 Å². The van der Waals surface area contributed by atoms with E-state index in [0.717, 1.165) is 37.5 Å². The number of hydrogen-bond acceptors (Lipinski definition) is 2. The van der Waals surface area contributed by atoms with Crippen LogP contribution in [0.4, 0.5) is 0 Å². The third-order valence-electron chi connectivity index (χ3n) is 6.65. The van der Waals surface area contributed by atoms with Crippen LogP contribution in [0.2, 0.25) is 5.02 Å². The summed E-state index contributed by atoms with van der Waals surface area (Å²) in [5.41, 5.74) is 3.15. The fourth-order valence-electron chi connectivity index (χ4n) is 4.84. The van der Waals surface area contributed by atoms with Gasteiger partial charge in [0.15, 0.2) is 0 Å². The Balaban J connectivity index is 1.92. The molecule has 0 radical (unpaired) electrons. The molecule has 1 fully saturated rings. The van der Waals surface area contributed by atoms with Crippen molar-refractivity contribution in [1.82, 2.24) is 9.80 Å². The topological polar surface area (TPSA) is 6.48 Å². The Bertz CT molecular complexity index is 694. The van der Waals surface area contributed by atoms with E-state index in [2.05, 4.69) is 80.6 Å². The normalized spacial score (nSPS) is 27.0. The van der Waals surface area contributed by atoms with Gasteiger partial charge in [-0.3, -0.25) is 9.80 Å². The maximum Gasteiger partial charge on any atom is 0.0409 e. The molecule has 148 valence electrons. The molecule has 1 saturated heterocycles. The molecule has 3 heteroatoms. The lowest BCUT2D eigenvalue weighted by atomic mass is 9.84. The summed E-state index contributed by atoms with van der Waals surface area (Å²) in [5, 5.41) is 0.858. The van der Waals surface area contributed by atoms with Gasteiger partial charge in [0.2, 0.25) is 0 Å². The van der Waals surface area contributed by atoms with Gasteiger partial charge in [0.1, 0.15) is 0 Å². The minimum absolute atomic E-state index is 0.206. The Morgan fingerprint density at radius 1 is 1.30 bits per heavy atom. The molecule has 2 aliphatic rings. The summed E-state index contributed by atoms with van der Waals surface area (Å²) in [4.78, 5) is 5.18. The van der Waals surface area contributed by atoms with Crippen molar-refractivity contribution in [1.29, 1.82) is 0 Å². The number of allylic oxidation sites excluding steroid dienone is 3. The van der Waals surface area contributed by atoms with E-state index in [1.807, 2.05) is 0 Å². The van der Waals surface area contributed by atoms with Gasteiger partial charge in [-0.25, -0.2) is 0 Å². The van der Waals surface area contributed by atoms with Gasteiger partial charge in [0, 0.05) is 36.2 Å². The molecule has 3 rings (SSSR count). The lowest BCUT2D eigenvalue weighted by Gasteiger charge is -2.47. The quantitative estimate of drug-likeness (QED) is 0.549. The van der Waals surface area contributed by atoms with Gasteiger partial charge in [-0.2, -0.15) is 0 Å². The minimum atomic E-state index is 0.206. The Kier molecular flexibility index (Phi) is 6.50. The SMILES string of the molecule is C=CCC(/C=C\CC)C1C[C@@H](N2CCN(C)C(C)(C)C2)c2cc(Cl)ccc21. The Morgan fingerprint density at radius 3 is 2.74 bits per heavy atom. The summed E-state index contributed by atoms with van der Waals surface area (Å²) < 4.78 is 0. The highest BCUT2D eigenvalue weighted by Crippen LogP contribution is 2.49. The van der Waals surface area contributed by atoms with Crippen LogP contribution in [0.15, 0.2) is 43.0 Å². The molecule has 0 amide bonds.